The van der Waals surface area contributed by atoms with Gasteiger partial charge in [-0.2, -0.15) is 0 Å². The van der Waals surface area contributed by atoms with Crippen LogP contribution in [0.2, 0.25) is 0 Å². The van der Waals surface area contributed by atoms with Crippen LogP contribution in [0.3, 0.4) is 0 Å². The third-order valence-corrected chi connectivity index (χ3v) is 2.53. The summed E-state index contributed by atoms with van der Waals surface area (Å²) in [6, 6.07) is 0.437. The molecule has 0 aromatic carbocycles. The second-order valence-electron chi connectivity index (χ2n) is 4.01. The molecule has 0 fully saturated rings. The molecule has 0 bridgehead atoms. The maximum atomic E-state index is 3.98. The monoisotopic (exact) mass is 193 g/mol. The fourth-order valence-electron chi connectivity index (χ4n) is 0.888. The molecular weight excluding hydrogens is 170 g/mol. The third kappa shape index (κ3) is 5.03. The minimum atomic E-state index is 0.437. The summed E-state index contributed by atoms with van der Waals surface area (Å²) in [6.45, 7) is 12.6. The molecule has 1 heteroatoms. The van der Waals surface area contributed by atoms with E-state index in [9.17, 15) is 0 Å². The molecule has 1 unspecified atom stereocenters. The van der Waals surface area contributed by atoms with E-state index in [1.54, 1.807) is 0 Å². The highest BCUT2D eigenvalue weighted by molar-refractivity contribution is 5.23. The van der Waals surface area contributed by atoms with Crippen LogP contribution in [0.5, 0.6) is 0 Å². The van der Waals surface area contributed by atoms with E-state index in [2.05, 4.69) is 57.8 Å². The Kier molecular flexibility index (Phi) is 6.22. The number of nitrogens with one attached hydrogen (secondary N) is 1. The quantitative estimate of drug-likeness (QED) is 0.661. The number of allylic oxidation sites excluding steroid dienone is 4. The molecule has 0 radical (unpaired) electrons. The highest BCUT2D eigenvalue weighted by Crippen LogP contribution is 2.08. The summed E-state index contributed by atoms with van der Waals surface area (Å²) in [4.78, 5) is 0. The summed E-state index contributed by atoms with van der Waals surface area (Å²) in [5.41, 5.74) is 2.51. The number of likely N-dealkylation sites (N-methyl/N-ethyl adjacent to an activating group) is 1. The van der Waals surface area contributed by atoms with Crippen molar-refractivity contribution in [2.24, 2.45) is 5.92 Å². The lowest BCUT2D eigenvalue weighted by Gasteiger charge is -2.09. The van der Waals surface area contributed by atoms with Crippen LogP contribution in [0, 0.1) is 5.92 Å². The van der Waals surface area contributed by atoms with E-state index >= 15 is 0 Å². The highest BCUT2D eigenvalue weighted by atomic mass is 14.8. The van der Waals surface area contributed by atoms with E-state index in [4.69, 9.17) is 0 Å². The zero-order valence-corrected chi connectivity index (χ0v) is 10.1. The van der Waals surface area contributed by atoms with Crippen molar-refractivity contribution in [3.05, 3.63) is 36.0 Å². The largest absolute Gasteiger partial charge is 0.314 e. The summed E-state index contributed by atoms with van der Waals surface area (Å²) >= 11 is 0. The molecule has 1 N–H and O–H groups in total. The molecule has 0 aliphatic carbocycles. The van der Waals surface area contributed by atoms with Gasteiger partial charge in [-0.05, 0) is 26.8 Å². The third-order valence-electron chi connectivity index (χ3n) is 2.53. The molecule has 0 saturated heterocycles. The number of hydrogen-bond acceptors (Lipinski definition) is 1. The molecule has 80 valence electrons. The Morgan fingerprint density at radius 3 is 2.29 bits per heavy atom. The van der Waals surface area contributed by atoms with Gasteiger partial charge in [0.15, 0.2) is 0 Å². The van der Waals surface area contributed by atoms with Crippen molar-refractivity contribution >= 4 is 0 Å². The number of hydrogen-bond donors (Lipinski definition) is 1. The molecule has 14 heavy (non-hydrogen) atoms. The van der Waals surface area contributed by atoms with E-state index < -0.39 is 0 Å². The second kappa shape index (κ2) is 6.61. The van der Waals surface area contributed by atoms with Gasteiger partial charge < -0.3 is 5.32 Å². The Morgan fingerprint density at radius 1 is 1.29 bits per heavy atom. The van der Waals surface area contributed by atoms with Crippen LogP contribution in [0.1, 0.15) is 27.7 Å². The zero-order chi connectivity index (χ0) is 11.1. The van der Waals surface area contributed by atoms with Crippen LogP contribution in [0.25, 0.3) is 0 Å². The summed E-state index contributed by atoms with van der Waals surface area (Å²) in [5.74, 6) is 0.529. The van der Waals surface area contributed by atoms with E-state index in [-0.39, 0.29) is 0 Å². The van der Waals surface area contributed by atoms with Crippen molar-refractivity contribution in [3.63, 3.8) is 0 Å². The van der Waals surface area contributed by atoms with Crippen molar-refractivity contribution < 1.29 is 0 Å². The van der Waals surface area contributed by atoms with Crippen molar-refractivity contribution in [1.29, 1.82) is 0 Å². The van der Waals surface area contributed by atoms with Gasteiger partial charge in [0.05, 0.1) is 0 Å². The molecule has 0 heterocycles. The minimum absolute atomic E-state index is 0.437. The Balaban J connectivity index is 4.21. The molecule has 0 aliphatic heterocycles. The van der Waals surface area contributed by atoms with Crippen LogP contribution < -0.4 is 5.32 Å². The normalized spacial score (nSPS) is 15.1. The molecule has 1 atom stereocenters. The zero-order valence-electron chi connectivity index (χ0n) is 10.1. The van der Waals surface area contributed by atoms with Gasteiger partial charge in [-0.1, -0.05) is 49.8 Å². The first-order chi connectivity index (χ1) is 6.49. The minimum Gasteiger partial charge on any atom is -0.314 e. The van der Waals surface area contributed by atoms with Crippen LogP contribution in [-0.2, 0) is 0 Å². The van der Waals surface area contributed by atoms with E-state index in [1.165, 1.54) is 11.1 Å². The standard InChI is InChI=1S/C13H23N/c1-10(2)11(3)8-7-9-12(4)13(5)14-6/h7-10,13-14H,3H2,1-2,4-6H3/b8-7-,12-9+. The molecule has 0 amide bonds. The van der Waals surface area contributed by atoms with Crippen LogP contribution in [0.4, 0.5) is 0 Å². The Labute approximate surface area is 88.6 Å². The lowest BCUT2D eigenvalue weighted by molar-refractivity contribution is 0.692. The Bertz CT molecular complexity index is 234. The van der Waals surface area contributed by atoms with E-state index in [0.29, 0.717) is 12.0 Å². The van der Waals surface area contributed by atoms with Gasteiger partial charge in [0.25, 0.3) is 0 Å². The molecule has 0 aromatic rings. The first-order valence-electron chi connectivity index (χ1n) is 5.20. The van der Waals surface area contributed by atoms with Crippen molar-refractivity contribution in [2.45, 2.75) is 33.7 Å². The lowest BCUT2D eigenvalue weighted by atomic mass is 10.0. The predicted molar refractivity (Wildman–Crippen MR) is 65.4 cm³/mol. The van der Waals surface area contributed by atoms with Gasteiger partial charge >= 0.3 is 0 Å². The molecule has 0 aliphatic rings. The molecule has 0 aromatic heterocycles. The van der Waals surface area contributed by atoms with Gasteiger partial charge in [0, 0.05) is 6.04 Å². The summed E-state index contributed by atoms with van der Waals surface area (Å²) in [5, 5.41) is 3.20. The Hall–Kier alpha value is -0.820. The smallest absolute Gasteiger partial charge is 0.0248 e. The van der Waals surface area contributed by atoms with Gasteiger partial charge in [0.2, 0.25) is 0 Å². The fourth-order valence-corrected chi connectivity index (χ4v) is 0.888. The average Bonchev–Trinajstić information content (AvgIpc) is 2.15. The van der Waals surface area contributed by atoms with Gasteiger partial charge in [-0.15, -0.1) is 0 Å². The molecule has 0 saturated carbocycles. The van der Waals surface area contributed by atoms with Gasteiger partial charge in [0.1, 0.15) is 0 Å². The SMILES string of the molecule is C=C(/C=C\C=C(/C)C(C)NC)C(C)C. The summed E-state index contributed by atoms with van der Waals surface area (Å²) in [7, 11) is 1.97. The maximum Gasteiger partial charge on any atom is 0.0248 e. The molecule has 1 nitrogen and oxygen atoms in total. The molecule has 0 rings (SSSR count). The fraction of sp³-hybridized carbons (Fsp3) is 0.538. The van der Waals surface area contributed by atoms with Crippen molar-refractivity contribution in [1.82, 2.24) is 5.32 Å². The summed E-state index contributed by atoms with van der Waals surface area (Å²) in [6.07, 6.45) is 6.29. The van der Waals surface area contributed by atoms with Crippen molar-refractivity contribution in [3.8, 4) is 0 Å². The van der Waals surface area contributed by atoms with Crippen LogP contribution >= 0.6 is 0 Å². The predicted octanol–water partition coefficient (Wildman–Crippen LogP) is 3.31. The van der Waals surface area contributed by atoms with E-state index in [1.807, 2.05) is 7.05 Å². The van der Waals surface area contributed by atoms with Gasteiger partial charge in [-0.25, -0.2) is 0 Å². The van der Waals surface area contributed by atoms with Crippen LogP contribution in [-0.4, -0.2) is 13.1 Å². The number of rotatable bonds is 5. The second-order valence-corrected chi connectivity index (χ2v) is 4.01. The molecular formula is C13H23N. The molecule has 0 spiro atoms. The Morgan fingerprint density at radius 2 is 1.86 bits per heavy atom. The van der Waals surface area contributed by atoms with Crippen LogP contribution in [0.15, 0.2) is 36.0 Å². The topological polar surface area (TPSA) is 12.0 Å². The average molecular weight is 193 g/mol. The maximum absolute atomic E-state index is 3.98. The van der Waals surface area contributed by atoms with Gasteiger partial charge in [-0.3, -0.25) is 0 Å². The van der Waals surface area contributed by atoms with Crippen molar-refractivity contribution in [2.75, 3.05) is 7.05 Å². The first-order valence-corrected chi connectivity index (χ1v) is 5.20. The van der Waals surface area contributed by atoms with E-state index in [0.717, 1.165) is 0 Å². The highest BCUT2D eigenvalue weighted by Gasteiger charge is 1.97. The first kappa shape index (κ1) is 13.2. The lowest BCUT2D eigenvalue weighted by Crippen LogP contribution is -2.21. The summed E-state index contributed by atoms with van der Waals surface area (Å²) < 4.78 is 0.